The summed E-state index contributed by atoms with van der Waals surface area (Å²) in [7, 11) is 4.63. The van der Waals surface area contributed by atoms with Gasteiger partial charge in [-0.15, -0.1) is 0 Å². The van der Waals surface area contributed by atoms with Crippen molar-refractivity contribution in [3.05, 3.63) is 42.0 Å². The van der Waals surface area contributed by atoms with Crippen molar-refractivity contribution < 1.29 is 19.0 Å². The summed E-state index contributed by atoms with van der Waals surface area (Å²) < 4.78 is 18.0. The average molecular weight is 429 g/mol. The lowest BCUT2D eigenvalue weighted by Crippen LogP contribution is -2.20. The minimum absolute atomic E-state index is 0.204. The van der Waals surface area contributed by atoms with Gasteiger partial charge in [-0.2, -0.15) is 5.10 Å². The highest BCUT2D eigenvalue weighted by atomic mass is 32.2. The van der Waals surface area contributed by atoms with Crippen LogP contribution in [0.1, 0.15) is 12.5 Å². The van der Waals surface area contributed by atoms with E-state index < -0.39 is 0 Å². The van der Waals surface area contributed by atoms with Gasteiger partial charge < -0.3 is 18.8 Å². The van der Waals surface area contributed by atoms with Crippen molar-refractivity contribution in [1.82, 2.24) is 15.0 Å². The van der Waals surface area contributed by atoms with E-state index in [9.17, 15) is 4.79 Å². The Kier molecular flexibility index (Phi) is 7.18. The molecule has 0 saturated carbocycles. The van der Waals surface area contributed by atoms with Crippen LogP contribution in [0.4, 0.5) is 0 Å². The lowest BCUT2D eigenvalue weighted by atomic mass is 10.2. The lowest BCUT2D eigenvalue weighted by molar-refractivity contribution is -0.118. The molecule has 0 aliphatic rings. The van der Waals surface area contributed by atoms with Crippen molar-refractivity contribution in [2.45, 2.75) is 18.6 Å². The third-order valence-electron chi connectivity index (χ3n) is 4.36. The third-order valence-corrected chi connectivity index (χ3v) is 5.33. The number of rotatable bonds is 9. The summed E-state index contributed by atoms with van der Waals surface area (Å²) in [6, 6.07) is 11.4. The standard InChI is InChI=1S/C21H24N4O4S/c1-5-25-16-9-7-6-8-15(16)23-21(25)30-13-19(26)24-22-12-14-10-17(27-2)20(29-4)18(11-14)28-3/h6-12H,5,13H2,1-4H3,(H,24,26)/b22-12+. The Morgan fingerprint density at radius 3 is 2.50 bits per heavy atom. The quantitative estimate of drug-likeness (QED) is 0.320. The number of fused-ring (bicyclic) bond motifs is 1. The number of amides is 1. The van der Waals surface area contributed by atoms with Gasteiger partial charge in [-0.05, 0) is 31.2 Å². The van der Waals surface area contributed by atoms with Crippen LogP contribution in [-0.2, 0) is 11.3 Å². The van der Waals surface area contributed by atoms with E-state index in [-0.39, 0.29) is 11.7 Å². The summed E-state index contributed by atoms with van der Waals surface area (Å²) in [6.07, 6.45) is 1.52. The summed E-state index contributed by atoms with van der Waals surface area (Å²) in [5, 5.41) is 4.84. The maximum absolute atomic E-state index is 12.2. The van der Waals surface area contributed by atoms with Crippen LogP contribution in [0.2, 0.25) is 0 Å². The molecule has 0 radical (unpaired) electrons. The first kappa shape index (κ1) is 21.5. The molecule has 3 rings (SSSR count). The van der Waals surface area contributed by atoms with Gasteiger partial charge in [0.05, 0.1) is 44.3 Å². The molecule has 1 N–H and O–H groups in total. The molecule has 0 unspecified atom stereocenters. The molecule has 30 heavy (non-hydrogen) atoms. The largest absolute Gasteiger partial charge is 0.493 e. The fourth-order valence-corrected chi connectivity index (χ4v) is 3.86. The van der Waals surface area contributed by atoms with Crippen LogP contribution < -0.4 is 19.6 Å². The Labute approximate surface area is 179 Å². The maximum atomic E-state index is 12.2. The van der Waals surface area contributed by atoms with E-state index in [0.717, 1.165) is 22.7 Å². The molecular formula is C21H24N4O4S. The second-order valence-corrected chi connectivity index (χ2v) is 7.11. The van der Waals surface area contributed by atoms with Crippen LogP contribution in [0.3, 0.4) is 0 Å². The normalized spacial score (nSPS) is 11.1. The monoisotopic (exact) mass is 428 g/mol. The molecule has 2 aromatic carbocycles. The SMILES string of the molecule is CCn1c(SCC(=O)N/N=C/c2cc(OC)c(OC)c(OC)c2)nc2ccccc21. The molecule has 0 atom stereocenters. The van der Waals surface area contributed by atoms with Gasteiger partial charge >= 0.3 is 0 Å². The molecule has 0 fully saturated rings. The van der Waals surface area contributed by atoms with Gasteiger partial charge in [0.25, 0.3) is 5.91 Å². The van der Waals surface area contributed by atoms with Crippen LogP contribution in [-0.4, -0.2) is 48.8 Å². The van der Waals surface area contributed by atoms with Gasteiger partial charge in [-0.1, -0.05) is 23.9 Å². The number of aromatic nitrogens is 2. The van der Waals surface area contributed by atoms with Gasteiger partial charge in [0.2, 0.25) is 5.75 Å². The van der Waals surface area contributed by atoms with Crippen molar-refractivity contribution in [1.29, 1.82) is 0 Å². The van der Waals surface area contributed by atoms with Crippen molar-refractivity contribution in [3.63, 3.8) is 0 Å². The summed E-state index contributed by atoms with van der Waals surface area (Å²) in [6.45, 7) is 2.84. The van der Waals surface area contributed by atoms with Crippen LogP contribution >= 0.6 is 11.8 Å². The molecule has 1 aromatic heterocycles. The van der Waals surface area contributed by atoms with Crippen molar-refractivity contribution in [3.8, 4) is 17.2 Å². The highest BCUT2D eigenvalue weighted by Crippen LogP contribution is 2.37. The molecule has 3 aromatic rings. The first-order chi connectivity index (χ1) is 14.6. The van der Waals surface area contributed by atoms with Crippen molar-refractivity contribution >= 4 is 34.9 Å². The number of thioether (sulfide) groups is 1. The predicted octanol–water partition coefficient (Wildman–Crippen LogP) is 3.32. The fraction of sp³-hybridized carbons (Fsp3) is 0.286. The zero-order valence-corrected chi connectivity index (χ0v) is 18.2. The smallest absolute Gasteiger partial charge is 0.250 e. The van der Waals surface area contributed by atoms with Crippen LogP contribution in [0, 0.1) is 0 Å². The number of benzene rings is 2. The molecule has 1 amide bonds. The topological polar surface area (TPSA) is 87.0 Å². The maximum Gasteiger partial charge on any atom is 0.250 e. The number of carbonyl (C=O) groups excluding carboxylic acids is 1. The minimum atomic E-state index is -0.224. The Balaban J connectivity index is 1.63. The predicted molar refractivity (Wildman–Crippen MR) is 118 cm³/mol. The number of ether oxygens (including phenoxy) is 3. The van der Waals surface area contributed by atoms with Gasteiger partial charge in [0.1, 0.15) is 0 Å². The van der Waals surface area contributed by atoms with E-state index in [1.807, 2.05) is 24.3 Å². The molecule has 1 heterocycles. The molecular weight excluding hydrogens is 404 g/mol. The fourth-order valence-electron chi connectivity index (χ4n) is 2.99. The van der Waals surface area contributed by atoms with E-state index in [2.05, 4.69) is 27.0 Å². The number of nitrogens with zero attached hydrogens (tertiary/aromatic N) is 3. The Morgan fingerprint density at radius 2 is 1.87 bits per heavy atom. The Morgan fingerprint density at radius 1 is 1.17 bits per heavy atom. The summed E-state index contributed by atoms with van der Waals surface area (Å²) in [4.78, 5) is 16.8. The number of methoxy groups -OCH3 is 3. The Hall–Kier alpha value is -3.20. The highest BCUT2D eigenvalue weighted by molar-refractivity contribution is 7.99. The van der Waals surface area contributed by atoms with Gasteiger partial charge in [0, 0.05) is 12.1 Å². The Bertz CT molecular complexity index is 1040. The first-order valence-corrected chi connectivity index (χ1v) is 10.3. The molecule has 0 bridgehead atoms. The summed E-state index contributed by atoms with van der Waals surface area (Å²) >= 11 is 1.38. The van der Waals surface area contributed by atoms with Gasteiger partial charge in [0.15, 0.2) is 16.7 Å². The van der Waals surface area contributed by atoms with E-state index >= 15 is 0 Å². The number of aryl methyl sites for hydroxylation is 1. The number of imidazole rings is 1. The zero-order chi connectivity index (χ0) is 21.5. The molecule has 8 nitrogen and oxygen atoms in total. The van der Waals surface area contributed by atoms with E-state index in [4.69, 9.17) is 14.2 Å². The molecule has 0 aliphatic heterocycles. The molecule has 0 aliphatic carbocycles. The number of hydrogen-bond acceptors (Lipinski definition) is 7. The van der Waals surface area contributed by atoms with Crippen LogP contribution in [0.15, 0.2) is 46.7 Å². The van der Waals surface area contributed by atoms with Crippen LogP contribution in [0.25, 0.3) is 11.0 Å². The van der Waals surface area contributed by atoms with Crippen molar-refractivity contribution in [2.24, 2.45) is 5.10 Å². The highest BCUT2D eigenvalue weighted by Gasteiger charge is 2.13. The van der Waals surface area contributed by atoms with Gasteiger partial charge in [-0.25, -0.2) is 10.4 Å². The zero-order valence-electron chi connectivity index (χ0n) is 17.3. The van der Waals surface area contributed by atoms with E-state index in [1.54, 1.807) is 33.5 Å². The second-order valence-electron chi connectivity index (χ2n) is 6.17. The van der Waals surface area contributed by atoms with Gasteiger partial charge in [-0.3, -0.25) is 4.79 Å². The second kappa shape index (κ2) is 10.0. The lowest BCUT2D eigenvalue weighted by Gasteiger charge is -2.12. The van der Waals surface area contributed by atoms with Crippen molar-refractivity contribution in [2.75, 3.05) is 27.1 Å². The molecule has 0 saturated heterocycles. The number of para-hydroxylation sites is 2. The third kappa shape index (κ3) is 4.68. The number of nitrogens with one attached hydrogen (secondary N) is 1. The van der Waals surface area contributed by atoms with Crippen LogP contribution in [0.5, 0.6) is 17.2 Å². The number of carbonyl (C=O) groups is 1. The minimum Gasteiger partial charge on any atom is -0.493 e. The van der Waals surface area contributed by atoms with E-state index in [0.29, 0.717) is 22.8 Å². The number of hydrogen-bond donors (Lipinski definition) is 1. The first-order valence-electron chi connectivity index (χ1n) is 9.31. The average Bonchev–Trinajstić information content (AvgIpc) is 3.14. The number of hydrazone groups is 1. The summed E-state index contributed by atoms with van der Waals surface area (Å²) in [5.74, 6) is 1.50. The molecule has 9 heteroatoms. The van der Waals surface area contributed by atoms with E-state index in [1.165, 1.54) is 18.0 Å². The molecule has 0 spiro atoms. The molecule has 158 valence electrons. The summed E-state index contributed by atoms with van der Waals surface area (Å²) in [5.41, 5.74) is 5.21.